The van der Waals surface area contributed by atoms with Crippen molar-refractivity contribution >= 4 is 34.6 Å². The SMILES string of the molecule is O=C1/C(=C/c2ccn(Cc3ccccc3)c2)SC(=Nc2ccccc2)N1C1CCCCC1. The van der Waals surface area contributed by atoms with Gasteiger partial charge in [-0.15, -0.1) is 0 Å². The number of thioether (sulfide) groups is 1. The van der Waals surface area contributed by atoms with Crippen LogP contribution in [0.15, 0.2) is 89.0 Å². The van der Waals surface area contributed by atoms with Crippen molar-refractivity contribution in [3.63, 3.8) is 0 Å². The quantitative estimate of drug-likeness (QED) is 0.425. The zero-order chi connectivity index (χ0) is 21.8. The van der Waals surface area contributed by atoms with Crippen LogP contribution in [0.25, 0.3) is 6.08 Å². The minimum Gasteiger partial charge on any atom is -0.349 e. The molecule has 4 nitrogen and oxygen atoms in total. The number of carbonyl (C=O) groups is 1. The van der Waals surface area contributed by atoms with Gasteiger partial charge in [0.15, 0.2) is 5.17 Å². The van der Waals surface area contributed by atoms with Crippen molar-refractivity contribution in [3.05, 3.63) is 95.2 Å². The third-order valence-corrected chi connectivity index (χ3v) is 7.02. The molecule has 1 saturated heterocycles. The van der Waals surface area contributed by atoms with Crippen molar-refractivity contribution in [1.82, 2.24) is 9.47 Å². The molecule has 0 bridgehead atoms. The molecule has 1 saturated carbocycles. The molecule has 32 heavy (non-hydrogen) atoms. The highest BCUT2D eigenvalue weighted by atomic mass is 32.2. The molecule has 1 aliphatic heterocycles. The molecule has 3 aromatic rings. The minimum atomic E-state index is 0.0902. The number of hydrogen-bond acceptors (Lipinski definition) is 3. The van der Waals surface area contributed by atoms with Gasteiger partial charge in [-0.2, -0.15) is 0 Å². The highest BCUT2D eigenvalue weighted by Gasteiger charge is 2.38. The molecular weight excluding hydrogens is 414 g/mol. The maximum Gasteiger partial charge on any atom is 0.267 e. The summed E-state index contributed by atoms with van der Waals surface area (Å²) in [5, 5.41) is 0.808. The van der Waals surface area contributed by atoms with E-state index in [2.05, 4.69) is 47.3 Å². The van der Waals surface area contributed by atoms with E-state index in [-0.39, 0.29) is 11.9 Å². The zero-order valence-corrected chi connectivity index (χ0v) is 18.9. The number of rotatable bonds is 5. The van der Waals surface area contributed by atoms with Gasteiger partial charge in [0.25, 0.3) is 5.91 Å². The van der Waals surface area contributed by atoms with Gasteiger partial charge in [0.2, 0.25) is 0 Å². The third kappa shape index (κ3) is 4.73. The summed E-state index contributed by atoms with van der Waals surface area (Å²) >= 11 is 1.50. The second-order valence-electron chi connectivity index (χ2n) is 8.41. The zero-order valence-electron chi connectivity index (χ0n) is 18.1. The molecule has 0 unspecified atom stereocenters. The molecule has 1 aromatic heterocycles. The molecule has 0 N–H and O–H groups in total. The van der Waals surface area contributed by atoms with Crippen LogP contribution in [0, 0.1) is 0 Å². The average Bonchev–Trinajstić information content (AvgIpc) is 3.39. The lowest BCUT2D eigenvalue weighted by molar-refractivity contribution is -0.124. The second-order valence-corrected chi connectivity index (χ2v) is 9.42. The lowest BCUT2D eigenvalue weighted by Crippen LogP contribution is -2.40. The Hall–Kier alpha value is -3.05. The fourth-order valence-electron chi connectivity index (χ4n) is 4.43. The van der Waals surface area contributed by atoms with Crippen LogP contribution in [0.4, 0.5) is 5.69 Å². The van der Waals surface area contributed by atoms with Crippen LogP contribution < -0.4 is 0 Å². The summed E-state index contributed by atoms with van der Waals surface area (Å²) in [5.41, 5.74) is 3.19. The second kappa shape index (κ2) is 9.61. The van der Waals surface area contributed by atoms with Crippen molar-refractivity contribution in [3.8, 4) is 0 Å². The normalized spacial score (nSPS) is 19.9. The van der Waals surface area contributed by atoms with Crippen LogP contribution in [0.5, 0.6) is 0 Å². The largest absolute Gasteiger partial charge is 0.349 e. The van der Waals surface area contributed by atoms with E-state index in [4.69, 9.17) is 4.99 Å². The standard InChI is InChI=1S/C27H27N3OS/c31-26-25(18-22-16-17-29(20-22)19-21-10-4-1-5-11-21)32-27(28-23-12-6-2-7-13-23)30(26)24-14-8-3-9-15-24/h1-2,4-7,10-13,16-18,20,24H,3,8-9,14-15,19H2/b25-18-,28-27?. The van der Waals surface area contributed by atoms with Crippen LogP contribution in [-0.2, 0) is 11.3 Å². The van der Waals surface area contributed by atoms with E-state index in [9.17, 15) is 4.79 Å². The van der Waals surface area contributed by atoms with Crippen LogP contribution >= 0.6 is 11.8 Å². The fourth-order valence-corrected chi connectivity index (χ4v) is 5.49. The first-order valence-corrected chi connectivity index (χ1v) is 12.1. The van der Waals surface area contributed by atoms with Gasteiger partial charge in [-0.1, -0.05) is 67.8 Å². The van der Waals surface area contributed by atoms with Crippen molar-refractivity contribution in [2.24, 2.45) is 4.99 Å². The summed E-state index contributed by atoms with van der Waals surface area (Å²) in [5.74, 6) is 0.0902. The van der Waals surface area contributed by atoms with Gasteiger partial charge in [0, 0.05) is 25.0 Å². The molecule has 2 aliphatic rings. The molecule has 2 aromatic carbocycles. The average molecular weight is 442 g/mol. The van der Waals surface area contributed by atoms with E-state index in [0.29, 0.717) is 0 Å². The summed E-state index contributed by atoms with van der Waals surface area (Å²) in [6.45, 7) is 0.819. The number of amides is 1. The van der Waals surface area contributed by atoms with E-state index < -0.39 is 0 Å². The van der Waals surface area contributed by atoms with E-state index in [0.717, 1.165) is 40.7 Å². The van der Waals surface area contributed by atoms with E-state index in [1.807, 2.05) is 47.4 Å². The summed E-state index contributed by atoms with van der Waals surface area (Å²) in [6, 6.07) is 22.7. The Morgan fingerprint density at radius 1 is 0.938 bits per heavy atom. The van der Waals surface area contributed by atoms with Crippen molar-refractivity contribution in [2.45, 2.75) is 44.7 Å². The molecule has 5 heteroatoms. The van der Waals surface area contributed by atoms with Gasteiger partial charge in [-0.05, 0) is 60.0 Å². The summed E-state index contributed by atoms with van der Waals surface area (Å²) < 4.78 is 2.16. The van der Waals surface area contributed by atoms with Crippen LogP contribution in [-0.4, -0.2) is 26.6 Å². The van der Waals surface area contributed by atoms with Crippen LogP contribution in [0.1, 0.15) is 43.2 Å². The molecule has 0 spiro atoms. The van der Waals surface area contributed by atoms with Crippen molar-refractivity contribution in [1.29, 1.82) is 0 Å². The Bertz CT molecular complexity index is 1130. The Morgan fingerprint density at radius 2 is 1.66 bits per heavy atom. The Kier molecular flexibility index (Phi) is 6.26. The van der Waals surface area contributed by atoms with Gasteiger partial charge < -0.3 is 4.57 Å². The van der Waals surface area contributed by atoms with Gasteiger partial charge in [-0.25, -0.2) is 4.99 Å². The smallest absolute Gasteiger partial charge is 0.267 e. The van der Waals surface area contributed by atoms with Gasteiger partial charge in [-0.3, -0.25) is 9.69 Å². The topological polar surface area (TPSA) is 37.6 Å². The van der Waals surface area contributed by atoms with Crippen LogP contribution in [0.2, 0.25) is 0 Å². The number of aliphatic imine (C=N–C) groups is 1. The number of carbonyl (C=O) groups excluding carboxylic acids is 1. The predicted octanol–water partition coefficient (Wildman–Crippen LogP) is 6.47. The number of aromatic nitrogens is 1. The lowest BCUT2D eigenvalue weighted by Gasteiger charge is -2.30. The first-order chi connectivity index (χ1) is 15.8. The molecule has 162 valence electrons. The number of para-hydroxylation sites is 1. The highest BCUT2D eigenvalue weighted by molar-refractivity contribution is 8.18. The Balaban J connectivity index is 1.41. The highest BCUT2D eigenvalue weighted by Crippen LogP contribution is 2.38. The number of amidine groups is 1. The predicted molar refractivity (Wildman–Crippen MR) is 133 cm³/mol. The maximum atomic E-state index is 13.5. The first-order valence-electron chi connectivity index (χ1n) is 11.3. The molecule has 5 rings (SSSR count). The van der Waals surface area contributed by atoms with E-state index in [1.165, 1.54) is 36.6 Å². The molecule has 2 fully saturated rings. The monoisotopic (exact) mass is 441 g/mol. The number of hydrogen-bond donors (Lipinski definition) is 0. The minimum absolute atomic E-state index is 0.0902. The number of nitrogens with zero attached hydrogens (tertiary/aromatic N) is 3. The fraction of sp³-hybridized carbons (Fsp3) is 0.259. The molecule has 0 radical (unpaired) electrons. The van der Waals surface area contributed by atoms with Gasteiger partial charge in [0.1, 0.15) is 0 Å². The molecule has 1 amide bonds. The molecular formula is C27H27N3OS. The van der Waals surface area contributed by atoms with E-state index >= 15 is 0 Å². The Morgan fingerprint density at radius 3 is 2.41 bits per heavy atom. The van der Waals surface area contributed by atoms with Crippen molar-refractivity contribution in [2.75, 3.05) is 0 Å². The first kappa shape index (κ1) is 20.8. The van der Waals surface area contributed by atoms with Crippen molar-refractivity contribution < 1.29 is 4.79 Å². The number of benzene rings is 2. The summed E-state index contributed by atoms with van der Waals surface area (Å²) in [4.78, 5) is 21.0. The third-order valence-electron chi connectivity index (χ3n) is 6.04. The lowest BCUT2D eigenvalue weighted by atomic mass is 9.94. The Labute approximate surface area is 193 Å². The maximum absolute atomic E-state index is 13.5. The summed E-state index contributed by atoms with van der Waals surface area (Å²) in [7, 11) is 0. The van der Waals surface area contributed by atoms with E-state index in [1.54, 1.807) is 0 Å². The van der Waals surface area contributed by atoms with Gasteiger partial charge in [0.05, 0.1) is 10.6 Å². The summed E-state index contributed by atoms with van der Waals surface area (Å²) in [6.07, 6.45) is 11.9. The molecule has 1 aliphatic carbocycles. The molecule has 0 atom stereocenters. The van der Waals surface area contributed by atoms with Crippen LogP contribution in [0.3, 0.4) is 0 Å². The molecule has 2 heterocycles. The van der Waals surface area contributed by atoms with Gasteiger partial charge >= 0.3 is 0 Å².